The van der Waals surface area contributed by atoms with E-state index in [-0.39, 0.29) is 11.7 Å². The quantitative estimate of drug-likeness (QED) is 0.801. The van der Waals surface area contributed by atoms with Crippen molar-refractivity contribution in [2.45, 2.75) is 20.4 Å². The van der Waals surface area contributed by atoms with E-state index >= 15 is 0 Å². The molecule has 0 atom stereocenters. The molecule has 2 heterocycles. The molecule has 3 N–H and O–H groups in total. The summed E-state index contributed by atoms with van der Waals surface area (Å²) in [5.74, 6) is 0.472. The Morgan fingerprint density at radius 1 is 1.52 bits per heavy atom. The molecule has 6 heteroatoms. The summed E-state index contributed by atoms with van der Waals surface area (Å²) < 4.78 is 5.33. The summed E-state index contributed by atoms with van der Waals surface area (Å²) >= 11 is 1.34. The maximum Gasteiger partial charge on any atom is 0.177 e. The molecule has 0 aliphatic carbocycles. The Balaban J connectivity index is 2.23. The summed E-state index contributed by atoms with van der Waals surface area (Å²) in [4.78, 5) is 16.8. The van der Waals surface area contributed by atoms with Gasteiger partial charge in [0.25, 0.3) is 0 Å². The van der Waals surface area contributed by atoms with Crippen LogP contribution in [0.1, 0.15) is 29.1 Å². The first-order chi connectivity index (χ1) is 10.0. The van der Waals surface area contributed by atoms with Crippen LogP contribution in [0.3, 0.4) is 0 Å². The number of nitrogens with one attached hydrogen (secondary N) is 1. The number of methoxy groups -OCH3 is 1. The molecule has 2 rings (SSSR count). The first-order valence-electron chi connectivity index (χ1n) is 6.67. The van der Waals surface area contributed by atoms with Gasteiger partial charge in [-0.3, -0.25) is 9.78 Å². The lowest BCUT2D eigenvalue weighted by Crippen LogP contribution is -2.07. The Hall–Kier alpha value is -2.08. The summed E-state index contributed by atoms with van der Waals surface area (Å²) in [6.45, 7) is 4.31. The third-order valence-electron chi connectivity index (χ3n) is 3.03. The summed E-state index contributed by atoms with van der Waals surface area (Å²) in [7, 11) is 1.55. The van der Waals surface area contributed by atoms with E-state index in [2.05, 4.69) is 10.3 Å². The number of ether oxygens (including phenoxy) is 1. The number of rotatable bonds is 6. The third-order valence-corrected chi connectivity index (χ3v) is 4.19. The molecule has 0 aliphatic rings. The molecule has 0 bridgehead atoms. The van der Waals surface area contributed by atoms with Crippen LogP contribution < -0.4 is 15.8 Å². The molecule has 0 spiro atoms. The van der Waals surface area contributed by atoms with Crippen molar-refractivity contribution >= 4 is 27.8 Å². The lowest BCUT2D eigenvalue weighted by atomic mass is 10.1. The van der Waals surface area contributed by atoms with Crippen molar-refractivity contribution in [2.75, 3.05) is 18.2 Å². The van der Waals surface area contributed by atoms with E-state index < -0.39 is 0 Å². The second-order valence-corrected chi connectivity index (χ2v) is 5.96. The van der Waals surface area contributed by atoms with Crippen molar-refractivity contribution in [3.63, 3.8) is 0 Å². The zero-order valence-electron chi connectivity index (χ0n) is 12.3. The fourth-order valence-electron chi connectivity index (χ4n) is 1.88. The van der Waals surface area contributed by atoms with Crippen LogP contribution in [0.25, 0.3) is 0 Å². The number of carbonyl (C=O) groups is 1. The Kier molecular flexibility index (Phi) is 4.80. The highest BCUT2D eigenvalue weighted by Gasteiger charge is 2.23. The maximum absolute atomic E-state index is 12.2. The lowest BCUT2D eigenvalue weighted by molar-refractivity contribution is 0.0944. The van der Waals surface area contributed by atoms with Crippen molar-refractivity contribution in [3.8, 4) is 5.75 Å². The van der Waals surface area contributed by atoms with E-state index in [1.807, 2.05) is 26.0 Å². The van der Waals surface area contributed by atoms with Gasteiger partial charge < -0.3 is 15.8 Å². The molecule has 2 aromatic rings. The number of Topliss-reactive ketones (excluding diaryl/α,β-unsaturated/α-hetero) is 1. The third kappa shape index (κ3) is 3.33. The molecule has 0 aromatic carbocycles. The van der Waals surface area contributed by atoms with Crippen LogP contribution in [0.2, 0.25) is 0 Å². The van der Waals surface area contributed by atoms with E-state index in [4.69, 9.17) is 10.5 Å². The number of hydrogen-bond acceptors (Lipinski definition) is 6. The van der Waals surface area contributed by atoms with Crippen molar-refractivity contribution in [3.05, 3.63) is 35.0 Å². The van der Waals surface area contributed by atoms with Gasteiger partial charge >= 0.3 is 0 Å². The number of anilines is 2. The number of ketones is 1. The van der Waals surface area contributed by atoms with E-state index in [1.165, 1.54) is 11.3 Å². The average molecular weight is 305 g/mol. The van der Waals surface area contributed by atoms with Crippen LogP contribution in [-0.4, -0.2) is 17.9 Å². The average Bonchev–Trinajstić information content (AvgIpc) is 2.81. The fourth-order valence-corrected chi connectivity index (χ4v) is 3.05. The number of pyridine rings is 1. The molecular weight excluding hydrogens is 286 g/mol. The van der Waals surface area contributed by atoms with Crippen molar-refractivity contribution in [1.29, 1.82) is 0 Å². The molecule has 0 amide bonds. The summed E-state index contributed by atoms with van der Waals surface area (Å²) in [6.07, 6.45) is 3.52. The minimum atomic E-state index is -0.0955. The second kappa shape index (κ2) is 6.58. The molecule has 21 heavy (non-hydrogen) atoms. The van der Waals surface area contributed by atoms with E-state index in [0.717, 1.165) is 10.6 Å². The SMILES string of the molecule is COc1c(NCc2cccnc2)sc(C(=O)C(C)C)c1N. The highest BCUT2D eigenvalue weighted by molar-refractivity contribution is 7.19. The van der Waals surface area contributed by atoms with Gasteiger partial charge in [-0.05, 0) is 11.6 Å². The number of aromatic nitrogens is 1. The predicted molar refractivity (Wildman–Crippen MR) is 86.0 cm³/mol. The van der Waals surface area contributed by atoms with Gasteiger partial charge in [0.15, 0.2) is 11.5 Å². The van der Waals surface area contributed by atoms with Crippen LogP contribution in [0, 0.1) is 5.92 Å². The molecule has 2 aromatic heterocycles. The van der Waals surface area contributed by atoms with Crippen molar-refractivity contribution < 1.29 is 9.53 Å². The smallest absolute Gasteiger partial charge is 0.177 e. The lowest BCUT2D eigenvalue weighted by Gasteiger charge is -2.06. The first-order valence-corrected chi connectivity index (χ1v) is 7.49. The molecule has 0 saturated carbocycles. The van der Waals surface area contributed by atoms with Crippen LogP contribution in [-0.2, 0) is 6.54 Å². The standard InChI is InChI=1S/C15H19N3O2S/c1-9(2)12(19)14-11(16)13(20-3)15(21-14)18-8-10-5-4-6-17-7-10/h4-7,9,18H,8,16H2,1-3H3. The van der Waals surface area contributed by atoms with E-state index in [0.29, 0.717) is 22.9 Å². The van der Waals surface area contributed by atoms with Gasteiger partial charge in [0.1, 0.15) is 5.00 Å². The number of nitrogens with zero attached hydrogens (tertiary/aromatic N) is 1. The van der Waals surface area contributed by atoms with Crippen molar-refractivity contribution in [2.24, 2.45) is 5.92 Å². The Morgan fingerprint density at radius 2 is 2.29 bits per heavy atom. The van der Waals surface area contributed by atoms with Gasteiger partial charge in [0.2, 0.25) is 0 Å². The van der Waals surface area contributed by atoms with Crippen LogP contribution >= 0.6 is 11.3 Å². The van der Waals surface area contributed by atoms with Crippen LogP contribution in [0.15, 0.2) is 24.5 Å². The zero-order valence-corrected chi connectivity index (χ0v) is 13.2. The molecule has 0 radical (unpaired) electrons. The number of nitrogen functional groups attached to an aromatic ring is 1. The highest BCUT2D eigenvalue weighted by Crippen LogP contribution is 2.43. The zero-order chi connectivity index (χ0) is 15.4. The van der Waals surface area contributed by atoms with Gasteiger partial charge in [-0.25, -0.2) is 0 Å². The Bertz CT molecular complexity index is 623. The first kappa shape index (κ1) is 15.3. The van der Waals surface area contributed by atoms with Gasteiger partial charge in [-0.2, -0.15) is 0 Å². The monoisotopic (exact) mass is 305 g/mol. The topological polar surface area (TPSA) is 77.2 Å². The minimum Gasteiger partial charge on any atom is -0.492 e. The van der Waals surface area contributed by atoms with E-state index in [9.17, 15) is 4.79 Å². The summed E-state index contributed by atoms with van der Waals surface area (Å²) in [5.41, 5.74) is 7.49. The number of hydrogen-bond donors (Lipinski definition) is 2. The summed E-state index contributed by atoms with van der Waals surface area (Å²) in [5, 5.41) is 4.02. The maximum atomic E-state index is 12.2. The van der Waals surface area contributed by atoms with Crippen molar-refractivity contribution in [1.82, 2.24) is 4.98 Å². The number of carbonyl (C=O) groups excluding carboxylic acids is 1. The normalized spacial score (nSPS) is 10.7. The molecule has 112 valence electrons. The number of thiophene rings is 1. The number of nitrogens with two attached hydrogens (primary N) is 1. The largest absolute Gasteiger partial charge is 0.492 e. The molecule has 5 nitrogen and oxygen atoms in total. The van der Waals surface area contributed by atoms with Gasteiger partial charge in [-0.1, -0.05) is 19.9 Å². The molecule has 0 saturated heterocycles. The van der Waals surface area contributed by atoms with Crippen LogP contribution in [0.4, 0.5) is 10.7 Å². The summed E-state index contributed by atoms with van der Waals surface area (Å²) in [6, 6.07) is 3.86. The van der Waals surface area contributed by atoms with E-state index in [1.54, 1.807) is 19.5 Å². The predicted octanol–water partition coefficient (Wildman–Crippen LogP) is 3.18. The molecule has 0 aliphatic heterocycles. The Labute approximate surface area is 128 Å². The Morgan fingerprint density at radius 3 is 2.86 bits per heavy atom. The second-order valence-electron chi connectivity index (χ2n) is 4.94. The van der Waals surface area contributed by atoms with Gasteiger partial charge in [-0.15, -0.1) is 11.3 Å². The molecule has 0 unspecified atom stereocenters. The fraction of sp³-hybridized carbons (Fsp3) is 0.333. The molecular formula is C15H19N3O2S. The minimum absolute atomic E-state index is 0.0326. The van der Waals surface area contributed by atoms with Gasteiger partial charge in [0.05, 0.1) is 17.7 Å². The highest BCUT2D eigenvalue weighted by atomic mass is 32.1. The van der Waals surface area contributed by atoms with Crippen LogP contribution in [0.5, 0.6) is 5.75 Å². The van der Waals surface area contributed by atoms with Gasteiger partial charge in [0, 0.05) is 24.9 Å². The molecule has 0 fully saturated rings.